The number of hydrogen-bond acceptors (Lipinski definition) is 4. The van der Waals surface area contributed by atoms with Crippen LogP contribution in [-0.2, 0) is 13.0 Å². The van der Waals surface area contributed by atoms with Crippen LogP contribution in [0.2, 0.25) is 0 Å². The van der Waals surface area contributed by atoms with Gasteiger partial charge in [0, 0.05) is 19.0 Å². The molecule has 21 heavy (non-hydrogen) atoms. The highest BCUT2D eigenvalue weighted by Gasteiger charge is 2.22. The van der Waals surface area contributed by atoms with Crippen LogP contribution in [0.1, 0.15) is 55.1 Å². The summed E-state index contributed by atoms with van der Waals surface area (Å²) in [5, 5.41) is 21.0. The lowest BCUT2D eigenvalue weighted by molar-refractivity contribution is 0.459. The molecule has 2 aromatic rings. The predicted octanol–water partition coefficient (Wildman–Crippen LogP) is 2.51. The lowest BCUT2D eigenvalue weighted by Crippen LogP contribution is -2.25. The molecule has 0 saturated carbocycles. The van der Waals surface area contributed by atoms with Crippen LogP contribution >= 0.6 is 0 Å². The smallest absolute Gasteiger partial charge is 0.149 e. The lowest BCUT2D eigenvalue weighted by Gasteiger charge is -2.20. The Morgan fingerprint density at radius 2 is 1.95 bits per heavy atom. The average molecular weight is 281 g/mol. The number of nitrogens with one attached hydrogen (secondary N) is 1. The van der Waals surface area contributed by atoms with E-state index in [0.29, 0.717) is 5.56 Å². The van der Waals surface area contributed by atoms with Crippen molar-refractivity contribution >= 4 is 0 Å². The van der Waals surface area contributed by atoms with Gasteiger partial charge in [0.25, 0.3) is 0 Å². The van der Waals surface area contributed by atoms with Gasteiger partial charge in [-0.15, -0.1) is 10.2 Å². The molecule has 0 radical (unpaired) electrons. The van der Waals surface area contributed by atoms with Crippen LogP contribution in [0.4, 0.5) is 0 Å². The molecule has 3 rings (SSSR count). The SMILES string of the molecule is CC(NC(C)c1nnc2n1CCC2)c1ccc(C#N)cc1. The summed E-state index contributed by atoms with van der Waals surface area (Å²) in [6.07, 6.45) is 2.20. The third kappa shape index (κ3) is 2.67. The molecule has 1 aromatic heterocycles. The summed E-state index contributed by atoms with van der Waals surface area (Å²) in [5.74, 6) is 2.12. The van der Waals surface area contributed by atoms with E-state index in [1.54, 1.807) is 0 Å². The Kier molecular flexibility index (Phi) is 3.72. The van der Waals surface area contributed by atoms with E-state index >= 15 is 0 Å². The first kappa shape index (κ1) is 13.8. The number of benzene rings is 1. The minimum atomic E-state index is 0.148. The van der Waals surface area contributed by atoms with Crippen molar-refractivity contribution in [3.8, 4) is 6.07 Å². The zero-order valence-corrected chi connectivity index (χ0v) is 12.4. The van der Waals surface area contributed by atoms with Crippen molar-refractivity contribution in [2.24, 2.45) is 0 Å². The third-order valence-electron chi connectivity index (χ3n) is 4.07. The molecule has 0 amide bonds. The quantitative estimate of drug-likeness (QED) is 0.935. The molecular formula is C16H19N5. The molecule has 0 saturated heterocycles. The minimum Gasteiger partial charge on any atom is -0.314 e. The fourth-order valence-corrected chi connectivity index (χ4v) is 2.89. The summed E-state index contributed by atoms with van der Waals surface area (Å²) in [7, 11) is 0. The van der Waals surface area contributed by atoms with E-state index in [1.165, 1.54) is 5.56 Å². The predicted molar refractivity (Wildman–Crippen MR) is 79.5 cm³/mol. The second-order valence-electron chi connectivity index (χ2n) is 5.57. The number of rotatable bonds is 4. The van der Waals surface area contributed by atoms with Crippen LogP contribution in [0.25, 0.3) is 0 Å². The van der Waals surface area contributed by atoms with E-state index in [1.807, 2.05) is 24.3 Å². The van der Waals surface area contributed by atoms with Crippen molar-refractivity contribution < 1.29 is 0 Å². The fourth-order valence-electron chi connectivity index (χ4n) is 2.89. The summed E-state index contributed by atoms with van der Waals surface area (Å²) in [6.45, 7) is 5.27. The van der Waals surface area contributed by atoms with E-state index in [-0.39, 0.29) is 12.1 Å². The first-order valence-corrected chi connectivity index (χ1v) is 7.37. The largest absolute Gasteiger partial charge is 0.314 e. The molecule has 108 valence electrons. The first-order chi connectivity index (χ1) is 10.2. The molecule has 2 atom stereocenters. The number of nitriles is 1. The van der Waals surface area contributed by atoms with Crippen molar-refractivity contribution in [2.75, 3.05) is 0 Å². The van der Waals surface area contributed by atoms with Crippen LogP contribution in [0, 0.1) is 11.3 Å². The molecular weight excluding hydrogens is 262 g/mol. The monoisotopic (exact) mass is 281 g/mol. The number of aromatic nitrogens is 3. The van der Waals surface area contributed by atoms with Gasteiger partial charge >= 0.3 is 0 Å². The fraction of sp³-hybridized carbons (Fsp3) is 0.438. The normalized spacial score (nSPS) is 16.2. The van der Waals surface area contributed by atoms with Gasteiger partial charge in [0.2, 0.25) is 0 Å². The topological polar surface area (TPSA) is 66.5 Å². The van der Waals surface area contributed by atoms with Crippen molar-refractivity contribution in [2.45, 2.75) is 45.3 Å². The molecule has 2 unspecified atom stereocenters. The van der Waals surface area contributed by atoms with E-state index in [0.717, 1.165) is 31.0 Å². The summed E-state index contributed by atoms with van der Waals surface area (Å²) >= 11 is 0. The Morgan fingerprint density at radius 1 is 1.19 bits per heavy atom. The Hall–Kier alpha value is -2.19. The number of fused-ring (bicyclic) bond motifs is 1. The lowest BCUT2D eigenvalue weighted by atomic mass is 10.1. The third-order valence-corrected chi connectivity index (χ3v) is 4.07. The molecule has 1 aliphatic heterocycles. The van der Waals surface area contributed by atoms with Gasteiger partial charge in [-0.1, -0.05) is 12.1 Å². The standard InChI is InChI=1S/C16H19N5/c1-11(14-7-5-13(10-17)6-8-14)18-12(2)16-20-19-15-4-3-9-21(15)16/h5-8,11-12,18H,3-4,9H2,1-2H3. The summed E-state index contributed by atoms with van der Waals surface area (Å²) in [4.78, 5) is 0. The van der Waals surface area contributed by atoms with Crippen LogP contribution < -0.4 is 5.32 Å². The average Bonchev–Trinajstić information content (AvgIpc) is 3.09. The van der Waals surface area contributed by atoms with Gasteiger partial charge in [-0.25, -0.2) is 0 Å². The van der Waals surface area contributed by atoms with Gasteiger partial charge in [0.15, 0.2) is 0 Å². The Balaban J connectivity index is 1.71. The zero-order chi connectivity index (χ0) is 14.8. The van der Waals surface area contributed by atoms with Gasteiger partial charge in [-0.05, 0) is 38.0 Å². The van der Waals surface area contributed by atoms with Crippen LogP contribution in [0.15, 0.2) is 24.3 Å². The van der Waals surface area contributed by atoms with Gasteiger partial charge in [-0.2, -0.15) is 5.26 Å². The van der Waals surface area contributed by atoms with Crippen LogP contribution in [0.5, 0.6) is 0 Å². The maximum atomic E-state index is 8.84. The summed E-state index contributed by atoms with van der Waals surface area (Å²) in [6, 6.07) is 10.2. The highest BCUT2D eigenvalue weighted by atomic mass is 15.3. The molecule has 5 nitrogen and oxygen atoms in total. The van der Waals surface area contributed by atoms with E-state index < -0.39 is 0 Å². The van der Waals surface area contributed by atoms with Crippen molar-refractivity contribution in [3.63, 3.8) is 0 Å². The molecule has 0 bridgehead atoms. The van der Waals surface area contributed by atoms with E-state index in [9.17, 15) is 0 Å². The van der Waals surface area contributed by atoms with Gasteiger partial charge < -0.3 is 9.88 Å². The summed E-state index contributed by atoms with van der Waals surface area (Å²) < 4.78 is 2.23. The molecule has 0 fully saturated rings. The Labute approximate surface area is 124 Å². The molecule has 5 heteroatoms. The number of aryl methyl sites for hydroxylation is 1. The molecule has 0 spiro atoms. The van der Waals surface area contributed by atoms with Crippen LogP contribution in [-0.4, -0.2) is 14.8 Å². The Bertz CT molecular complexity index is 665. The van der Waals surface area contributed by atoms with Crippen LogP contribution in [0.3, 0.4) is 0 Å². The highest BCUT2D eigenvalue weighted by Crippen LogP contribution is 2.22. The maximum Gasteiger partial charge on any atom is 0.149 e. The van der Waals surface area contributed by atoms with Crippen molar-refractivity contribution in [3.05, 3.63) is 47.0 Å². The molecule has 2 heterocycles. The van der Waals surface area contributed by atoms with Crippen molar-refractivity contribution in [1.82, 2.24) is 20.1 Å². The maximum absolute atomic E-state index is 8.84. The minimum absolute atomic E-state index is 0.148. The zero-order valence-electron chi connectivity index (χ0n) is 12.4. The molecule has 1 N–H and O–H groups in total. The molecule has 1 aliphatic rings. The second-order valence-corrected chi connectivity index (χ2v) is 5.57. The summed E-state index contributed by atoms with van der Waals surface area (Å²) in [5.41, 5.74) is 1.86. The first-order valence-electron chi connectivity index (χ1n) is 7.37. The number of hydrogen-bond donors (Lipinski definition) is 1. The molecule has 0 aliphatic carbocycles. The van der Waals surface area contributed by atoms with Gasteiger partial charge in [0.1, 0.15) is 11.6 Å². The van der Waals surface area contributed by atoms with E-state index in [4.69, 9.17) is 5.26 Å². The van der Waals surface area contributed by atoms with Gasteiger partial charge in [-0.3, -0.25) is 0 Å². The molecule has 1 aromatic carbocycles. The van der Waals surface area contributed by atoms with E-state index in [2.05, 4.69) is 40.0 Å². The van der Waals surface area contributed by atoms with Crippen molar-refractivity contribution in [1.29, 1.82) is 5.26 Å². The highest BCUT2D eigenvalue weighted by molar-refractivity contribution is 5.32. The van der Waals surface area contributed by atoms with Gasteiger partial charge in [0.05, 0.1) is 17.7 Å². The second kappa shape index (κ2) is 5.66. The Morgan fingerprint density at radius 3 is 2.67 bits per heavy atom. The number of nitrogens with zero attached hydrogens (tertiary/aromatic N) is 4.